The summed E-state index contributed by atoms with van der Waals surface area (Å²) in [4.78, 5) is 23.7. The highest BCUT2D eigenvalue weighted by Crippen LogP contribution is 2.27. The van der Waals surface area contributed by atoms with Crippen LogP contribution in [0.15, 0.2) is 37.4 Å². The van der Waals surface area contributed by atoms with Crippen LogP contribution in [0.5, 0.6) is 0 Å². The summed E-state index contributed by atoms with van der Waals surface area (Å²) in [6.45, 7) is 6.69. The van der Waals surface area contributed by atoms with E-state index in [4.69, 9.17) is 5.21 Å². The molecule has 1 aliphatic carbocycles. The van der Waals surface area contributed by atoms with Crippen LogP contribution in [0.1, 0.15) is 35.7 Å². The first-order valence-electron chi connectivity index (χ1n) is 8.12. The van der Waals surface area contributed by atoms with E-state index in [1.165, 1.54) is 12.1 Å². The van der Waals surface area contributed by atoms with Gasteiger partial charge in [0.1, 0.15) is 6.04 Å². The lowest BCUT2D eigenvalue weighted by Gasteiger charge is -2.30. The molecule has 1 aliphatic rings. The van der Waals surface area contributed by atoms with Gasteiger partial charge in [0.05, 0.1) is 0 Å². The predicted molar refractivity (Wildman–Crippen MR) is 95.1 cm³/mol. The van der Waals surface area contributed by atoms with Crippen LogP contribution >= 0.6 is 0 Å². The summed E-state index contributed by atoms with van der Waals surface area (Å²) in [6.07, 6.45) is -1.15. The van der Waals surface area contributed by atoms with Crippen molar-refractivity contribution >= 4 is 11.8 Å². The minimum Gasteiger partial charge on any atom is -0.381 e. The standard InChI is InChI=1S/C17H18F2N2O4.C2H4/c1-17(24,16(18)19)13(15(23)21-25)20-14(22)12-8-6-11(7-9-12)5-4-10-2-3-10;1-2/h6-10,13,16,24-25H,2-3H2,1H3,(H,20,22)(H,21,23);1-2H2/t13-,17-;/m1./s1. The average molecular weight is 380 g/mol. The Morgan fingerprint density at radius 2 is 1.81 bits per heavy atom. The van der Waals surface area contributed by atoms with Gasteiger partial charge in [0.2, 0.25) is 0 Å². The summed E-state index contributed by atoms with van der Waals surface area (Å²) >= 11 is 0. The molecule has 0 aliphatic heterocycles. The molecule has 1 fully saturated rings. The van der Waals surface area contributed by atoms with Gasteiger partial charge in [0.15, 0.2) is 5.60 Å². The zero-order valence-corrected chi connectivity index (χ0v) is 14.8. The van der Waals surface area contributed by atoms with Crippen LogP contribution in [0.4, 0.5) is 8.78 Å². The van der Waals surface area contributed by atoms with Crippen LogP contribution in [-0.2, 0) is 4.79 Å². The van der Waals surface area contributed by atoms with E-state index in [0.29, 0.717) is 18.4 Å². The van der Waals surface area contributed by atoms with Crippen molar-refractivity contribution in [2.24, 2.45) is 5.92 Å². The van der Waals surface area contributed by atoms with Crippen LogP contribution in [0.2, 0.25) is 0 Å². The number of hydrogen-bond acceptors (Lipinski definition) is 4. The van der Waals surface area contributed by atoms with Crippen LogP contribution < -0.4 is 10.8 Å². The third-order valence-corrected chi connectivity index (χ3v) is 3.82. The molecule has 27 heavy (non-hydrogen) atoms. The molecule has 2 rings (SSSR count). The Balaban J connectivity index is 0.00000176. The highest BCUT2D eigenvalue weighted by atomic mass is 19.3. The first-order valence-corrected chi connectivity index (χ1v) is 8.12. The second-order valence-corrected chi connectivity index (χ2v) is 6.03. The van der Waals surface area contributed by atoms with Gasteiger partial charge in [0, 0.05) is 17.0 Å². The smallest absolute Gasteiger partial charge is 0.269 e. The number of carbonyl (C=O) groups excluding carboxylic acids is 2. The molecule has 2 amide bonds. The van der Waals surface area contributed by atoms with E-state index < -0.39 is 29.9 Å². The average Bonchev–Trinajstić information content (AvgIpc) is 3.50. The molecule has 0 saturated heterocycles. The largest absolute Gasteiger partial charge is 0.381 e. The van der Waals surface area contributed by atoms with Crippen molar-refractivity contribution in [2.75, 3.05) is 0 Å². The number of carbonyl (C=O) groups is 2. The molecule has 0 heterocycles. The van der Waals surface area contributed by atoms with Crippen molar-refractivity contribution in [3.63, 3.8) is 0 Å². The van der Waals surface area contributed by atoms with Crippen molar-refractivity contribution in [2.45, 2.75) is 37.8 Å². The van der Waals surface area contributed by atoms with Gasteiger partial charge >= 0.3 is 0 Å². The molecule has 1 aromatic carbocycles. The molecular weight excluding hydrogens is 358 g/mol. The third kappa shape index (κ3) is 6.16. The van der Waals surface area contributed by atoms with E-state index in [2.05, 4.69) is 25.0 Å². The van der Waals surface area contributed by atoms with E-state index in [1.807, 2.05) is 5.32 Å². The van der Waals surface area contributed by atoms with Crippen LogP contribution in [0.3, 0.4) is 0 Å². The Bertz CT molecular complexity index is 719. The Hall–Kier alpha value is -2.76. The van der Waals surface area contributed by atoms with E-state index in [9.17, 15) is 23.5 Å². The second-order valence-electron chi connectivity index (χ2n) is 6.03. The lowest BCUT2D eigenvalue weighted by molar-refractivity contribution is -0.149. The number of nitrogens with one attached hydrogen (secondary N) is 2. The van der Waals surface area contributed by atoms with Crippen LogP contribution in [-0.4, -0.2) is 40.2 Å². The molecular formula is C19H22F2N2O4. The summed E-state index contributed by atoms with van der Waals surface area (Å²) in [6, 6.07) is 4.00. The fraction of sp³-hybridized carbons (Fsp3) is 0.368. The Labute approximate surface area is 156 Å². The Morgan fingerprint density at radius 1 is 1.26 bits per heavy atom. The lowest BCUT2D eigenvalue weighted by atomic mass is 9.95. The molecule has 0 unspecified atom stereocenters. The Morgan fingerprint density at radius 3 is 2.26 bits per heavy atom. The van der Waals surface area contributed by atoms with E-state index in [1.54, 1.807) is 12.1 Å². The maximum absolute atomic E-state index is 12.9. The molecule has 1 saturated carbocycles. The normalized spacial score (nSPS) is 15.9. The number of amides is 2. The Kier molecular flexibility index (Phi) is 8.09. The van der Waals surface area contributed by atoms with E-state index in [-0.39, 0.29) is 5.56 Å². The fourth-order valence-electron chi connectivity index (χ4n) is 2.00. The van der Waals surface area contributed by atoms with E-state index in [0.717, 1.165) is 18.3 Å². The molecule has 0 aromatic heterocycles. The molecule has 6 nitrogen and oxygen atoms in total. The number of aliphatic hydroxyl groups is 1. The second kappa shape index (κ2) is 9.80. The lowest BCUT2D eigenvalue weighted by Crippen LogP contribution is -2.61. The number of halogens is 2. The maximum atomic E-state index is 12.9. The molecule has 4 N–H and O–H groups in total. The first-order chi connectivity index (χ1) is 12.8. The van der Waals surface area contributed by atoms with Crippen molar-refractivity contribution in [1.29, 1.82) is 0 Å². The zero-order valence-electron chi connectivity index (χ0n) is 14.8. The van der Waals surface area contributed by atoms with Crippen molar-refractivity contribution in [3.8, 4) is 11.8 Å². The van der Waals surface area contributed by atoms with Gasteiger partial charge in [-0.25, -0.2) is 14.3 Å². The molecule has 8 heteroatoms. The monoisotopic (exact) mass is 380 g/mol. The number of benzene rings is 1. The minimum atomic E-state index is -3.32. The number of rotatable bonds is 5. The molecule has 0 spiro atoms. The fourth-order valence-corrected chi connectivity index (χ4v) is 2.00. The first kappa shape index (κ1) is 22.3. The molecule has 0 bridgehead atoms. The summed E-state index contributed by atoms with van der Waals surface area (Å²) in [5.41, 5.74) is -0.906. The third-order valence-electron chi connectivity index (χ3n) is 3.82. The molecule has 0 radical (unpaired) electrons. The van der Waals surface area contributed by atoms with Crippen LogP contribution in [0.25, 0.3) is 0 Å². The van der Waals surface area contributed by atoms with E-state index >= 15 is 0 Å². The molecule has 146 valence electrons. The highest BCUT2D eigenvalue weighted by molar-refractivity contribution is 5.97. The van der Waals surface area contributed by atoms with Crippen molar-refractivity contribution in [1.82, 2.24) is 10.8 Å². The van der Waals surface area contributed by atoms with Gasteiger partial charge < -0.3 is 10.4 Å². The summed E-state index contributed by atoms with van der Waals surface area (Å²) in [7, 11) is 0. The SMILES string of the molecule is C=C.C[C@](O)(C(F)F)[C@H](NC(=O)c1ccc(C#CC2CC2)cc1)C(=O)NO. The zero-order chi connectivity index (χ0) is 20.6. The van der Waals surface area contributed by atoms with Gasteiger partial charge in [-0.2, -0.15) is 0 Å². The quantitative estimate of drug-likeness (QED) is 0.271. The summed E-state index contributed by atoms with van der Waals surface area (Å²) < 4.78 is 25.9. The predicted octanol–water partition coefficient (Wildman–Crippen LogP) is 1.87. The summed E-state index contributed by atoms with van der Waals surface area (Å²) in [5.74, 6) is 4.24. The van der Waals surface area contributed by atoms with Gasteiger partial charge in [-0.3, -0.25) is 14.8 Å². The topological polar surface area (TPSA) is 98.7 Å². The van der Waals surface area contributed by atoms with Crippen molar-refractivity contribution in [3.05, 3.63) is 48.6 Å². The van der Waals surface area contributed by atoms with Crippen LogP contribution in [0, 0.1) is 17.8 Å². The van der Waals surface area contributed by atoms with Crippen molar-refractivity contribution < 1.29 is 28.7 Å². The van der Waals surface area contributed by atoms with Gasteiger partial charge in [-0.05, 0) is 44.0 Å². The molecule has 1 aromatic rings. The van der Waals surface area contributed by atoms with Gasteiger partial charge in [0.25, 0.3) is 18.2 Å². The maximum Gasteiger partial charge on any atom is 0.269 e. The summed E-state index contributed by atoms with van der Waals surface area (Å²) in [5, 5.41) is 20.4. The minimum absolute atomic E-state index is 0.0952. The highest BCUT2D eigenvalue weighted by Gasteiger charge is 2.46. The number of hydrogen-bond donors (Lipinski definition) is 4. The van der Waals surface area contributed by atoms with Gasteiger partial charge in [-0.15, -0.1) is 13.2 Å². The van der Waals surface area contributed by atoms with Gasteiger partial charge in [-0.1, -0.05) is 11.8 Å². The molecule has 2 atom stereocenters. The number of hydroxylamine groups is 1. The number of alkyl halides is 2.